The van der Waals surface area contributed by atoms with E-state index in [1.54, 1.807) is 79.9 Å². The normalized spacial score (nSPS) is 22.2. The van der Waals surface area contributed by atoms with Gasteiger partial charge in [0.2, 0.25) is 23.5 Å². The summed E-state index contributed by atoms with van der Waals surface area (Å²) in [6.07, 6.45) is 31.5. The van der Waals surface area contributed by atoms with Crippen LogP contribution in [0.3, 0.4) is 0 Å². The molecule has 1 aromatic carbocycles. The fourth-order valence-corrected chi connectivity index (χ4v) is 18.5. The van der Waals surface area contributed by atoms with Crippen LogP contribution in [0.5, 0.6) is 23.5 Å². The molecule has 0 radical (unpaired) electrons. The fraction of sp³-hybridized carbons (Fsp3) is 0.368. The van der Waals surface area contributed by atoms with Crippen molar-refractivity contribution in [3.05, 3.63) is 263 Å². The van der Waals surface area contributed by atoms with Crippen molar-refractivity contribution in [1.29, 1.82) is 0 Å². The minimum atomic E-state index is -0.535. The van der Waals surface area contributed by atoms with Crippen molar-refractivity contribution in [2.24, 2.45) is 23.7 Å². The zero-order valence-electron chi connectivity index (χ0n) is 70.9. The number of fused-ring (bicyclic) bond motifs is 12. The lowest BCUT2D eigenvalue weighted by Gasteiger charge is -2.49. The van der Waals surface area contributed by atoms with E-state index in [-0.39, 0.29) is 101 Å². The summed E-state index contributed by atoms with van der Waals surface area (Å²) >= 11 is 0. The third-order valence-electron chi connectivity index (χ3n) is 24.7. The van der Waals surface area contributed by atoms with Crippen molar-refractivity contribution in [1.82, 2.24) is 99.3 Å². The van der Waals surface area contributed by atoms with Crippen LogP contribution in [-0.2, 0) is 0 Å². The van der Waals surface area contributed by atoms with E-state index in [4.69, 9.17) is 18.9 Å². The molecule has 28 nitrogen and oxygen atoms in total. The fourth-order valence-electron chi connectivity index (χ4n) is 18.5. The maximum Gasteiger partial charge on any atom is 0.273 e. The number of hydrogen-bond acceptors (Lipinski definition) is 24. The molecule has 4 aliphatic carbocycles. The number of amides is 4. The van der Waals surface area contributed by atoms with Crippen molar-refractivity contribution in [2.45, 2.75) is 174 Å². The summed E-state index contributed by atoms with van der Waals surface area (Å²) in [6.45, 7) is 16.2. The van der Waals surface area contributed by atoms with Gasteiger partial charge in [-0.1, -0.05) is 36.4 Å². The van der Waals surface area contributed by atoms with E-state index in [1.165, 1.54) is 0 Å². The highest BCUT2D eigenvalue weighted by molar-refractivity contribution is 6.02. The summed E-state index contributed by atoms with van der Waals surface area (Å²) in [5, 5.41) is 0. The third kappa shape index (κ3) is 19.2. The molecule has 126 heavy (non-hydrogen) atoms. The molecule has 24 rings (SSSR count). The van der Waals surface area contributed by atoms with Gasteiger partial charge in [-0.3, -0.25) is 29.1 Å². The lowest BCUT2D eigenvalue weighted by atomic mass is 9.77. The molecule has 12 fully saturated rings. The molecule has 8 bridgehead atoms. The summed E-state index contributed by atoms with van der Waals surface area (Å²) in [6, 6.07) is 29.7. The van der Waals surface area contributed by atoms with E-state index < -0.39 is 17.5 Å². The van der Waals surface area contributed by atoms with Gasteiger partial charge in [-0.2, -0.15) is 0 Å². The molecule has 11 aromatic heterocycles. The number of rotatable bonds is 16. The van der Waals surface area contributed by atoms with Crippen molar-refractivity contribution in [3.63, 3.8) is 0 Å². The molecule has 0 N–H and O–H groups in total. The molecule has 12 aliphatic rings. The van der Waals surface area contributed by atoms with Crippen LogP contribution in [0.4, 0.5) is 13.2 Å². The second kappa shape index (κ2) is 37.4. The number of carbonyl (C=O) groups excluding carboxylic acids is 4. The molecular formula is C95H95F3N20O8. The highest BCUT2D eigenvalue weighted by Gasteiger charge is 2.50. The first-order valence-corrected chi connectivity index (χ1v) is 42.8. The molecular weight excluding hydrogens is 1610 g/mol. The van der Waals surface area contributed by atoms with E-state index in [9.17, 15) is 32.3 Å². The van der Waals surface area contributed by atoms with E-state index in [0.717, 1.165) is 166 Å². The Morgan fingerprint density at radius 3 is 1.16 bits per heavy atom. The molecule has 4 saturated carbocycles. The Morgan fingerprint density at radius 1 is 0.310 bits per heavy atom. The largest absolute Gasteiger partial charge is 0.472 e. The van der Waals surface area contributed by atoms with Gasteiger partial charge in [-0.05, 0) is 214 Å². The number of piperidine rings is 8. The second-order valence-corrected chi connectivity index (χ2v) is 33.9. The number of pyridine rings is 6. The van der Waals surface area contributed by atoms with Crippen LogP contribution < -0.4 is 18.9 Å². The molecule has 12 atom stereocenters. The number of aryl methyl sites for hydroxylation is 7. The smallest absolute Gasteiger partial charge is 0.273 e. The molecule has 8 aliphatic heterocycles. The van der Waals surface area contributed by atoms with Crippen LogP contribution in [0.15, 0.2) is 184 Å². The van der Waals surface area contributed by atoms with Crippen LogP contribution >= 0.6 is 0 Å². The topological polar surface area (TPSA) is 324 Å². The van der Waals surface area contributed by atoms with Crippen molar-refractivity contribution < 1.29 is 51.3 Å². The van der Waals surface area contributed by atoms with E-state index >= 15 is 0 Å². The lowest BCUT2D eigenvalue weighted by Crippen LogP contribution is -2.59. The van der Waals surface area contributed by atoms with Gasteiger partial charge in [0, 0.05) is 98.5 Å². The summed E-state index contributed by atoms with van der Waals surface area (Å²) in [5.41, 5.74) is 10.1. The number of ether oxygens (including phenoxy) is 4. The van der Waals surface area contributed by atoms with Crippen LogP contribution in [0.1, 0.15) is 158 Å². The lowest BCUT2D eigenvalue weighted by molar-refractivity contribution is -0.0316. The number of nitrogens with zero attached hydrogens (tertiary/aromatic N) is 20. The Morgan fingerprint density at radius 2 is 0.706 bits per heavy atom. The minimum absolute atomic E-state index is 0.0102. The summed E-state index contributed by atoms with van der Waals surface area (Å²) < 4.78 is 64.8. The monoisotopic (exact) mass is 1700 g/mol. The van der Waals surface area contributed by atoms with Crippen molar-refractivity contribution in [3.8, 4) is 69.2 Å². The predicted molar refractivity (Wildman–Crippen MR) is 457 cm³/mol. The maximum atomic E-state index is 13.7. The molecule has 0 spiro atoms. The van der Waals surface area contributed by atoms with Gasteiger partial charge < -0.3 is 38.5 Å². The summed E-state index contributed by atoms with van der Waals surface area (Å²) in [7, 11) is 0. The Kier molecular flexibility index (Phi) is 25.1. The number of carbonyl (C=O) groups is 4. The van der Waals surface area contributed by atoms with Gasteiger partial charge >= 0.3 is 0 Å². The Balaban J connectivity index is 0.000000119. The first-order valence-electron chi connectivity index (χ1n) is 42.8. The van der Waals surface area contributed by atoms with Gasteiger partial charge in [0.1, 0.15) is 41.5 Å². The van der Waals surface area contributed by atoms with Crippen molar-refractivity contribution >= 4 is 23.6 Å². The molecule has 12 unspecified atom stereocenters. The van der Waals surface area contributed by atoms with Gasteiger partial charge in [0.15, 0.2) is 40.7 Å². The molecule has 31 heteroatoms. The highest BCUT2D eigenvalue weighted by Crippen LogP contribution is 2.44. The number of hydrogen-bond donors (Lipinski definition) is 0. The molecule has 12 aromatic rings. The van der Waals surface area contributed by atoms with Crippen LogP contribution in [0, 0.1) is 89.6 Å². The zero-order valence-corrected chi connectivity index (χ0v) is 70.9. The third-order valence-corrected chi connectivity index (χ3v) is 24.7. The maximum absolute atomic E-state index is 13.7. The average Bonchev–Trinajstić information content (AvgIpc) is 0.779. The van der Waals surface area contributed by atoms with Gasteiger partial charge in [-0.15, -0.1) is 0 Å². The van der Waals surface area contributed by atoms with Gasteiger partial charge in [0.05, 0.1) is 102 Å². The number of aromatic nitrogens is 16. The van der Waals surface area contributed by atoms with Crippen LogP contribution in [-0.4, -0.2) is 198 Å². The number of halogens is 3. The summed E-state index contributed by atoms with van der Waals surface area (Å²) in [4.78, 5) is 131. The van der Waals surface area contributed by atoms with Crippen LogP contribution in [0.25, 0.3) is 45.7 Å². The Hall–Kier alpha value is -13.6. The SMILES string of the molecule is Cc1ccc(OC2CC3CCC2N(C(=O)c2ccc(C)nc2-c2ncc(F)cn2)C3)nc1.Cc1ccc(OC2CC3CCC2N(C(=O)c2nc(C)ccc2-c2ncc(F)cn2)C3)nc1.Cc1ccc(OC2CC3CCC2N(C(=O)c2ncc(C)cc2-c2ncc(F)cn2)C3)nc1.Cc1cnc(OC2CC3CCC2N(C(=O)c2ccccc2-c2ncccn2)C3)cn1. The molecule has 4 amide bonds. The van der Waals surface area contributed by atoms with E-state index in [1.807, 2.05) is 135 Å². The summed E-state index contributed by atoms with van der Waals surface area (Å²) in [5.74, 6) is 3.11. The number of benzene rings is 1. The van der Waals surface area contributed by atoms with Gasteiger partial charge in [-0.25, -0.2) is 82.9 Å². The quantitative estimate of drug-likeness (QED) is 0.0867. The average molecular weight is 1700 g/mol. The first kappa shape index (κ1) is 84.6. The van der Waals surface area contributed by atoms with E-state index in [2.05, 4.69) is 79.7 Å². The molecule has 8 saturated heterocycles. The standard InChI is InChI=1S/3C24H24FN5O2.C23H23N5O2/c1-14-3-8-21(26-10-14)32-20-9-16-5-7-19(20)30(13-16)24(31)18-6-4-15(2)29-22(18)23-27-11-17(25)12-28-23;1-14-3-8-21(26-10-14)32-20-9-16-5-7-19(20)30(13-16)24(31)22-18(6-4-15(2)29-22)23-27-11-17(25)12-28-23;1-14-3-6-21(26-9-14)32-20-8-16-4-5-19(20)30(13-16)24(31)22-18(7-15(2)10-27-22)23-28-11-17(25)12-29-23;1-15-12-27-21(13-26-15)30-20-11-16-7-8-19(20)28(14-16)23(29)18-6-3-2-5-17(18)22-24-9-4-10-25-22/h2*3-4,6,8,10-12,16,19-20H,5,7,9,13H2,1-2H3;3,6-7,9-12,16,19-20H,4-5,8,13H2,1-2H3;2-6,9-10,12-13,16,19-20H,7-8,11,14H2,1H3. The van der Waals surface area contributed by atoms with E-state index in [0.29, 0.717) is 101 Å². The Bertz CT molecular complexity index is 5700. The zero-order chi connectivity index (χ0) is 87.2. The van der Waals surface area contributed by atoms with Crippen LogP contribution in [0.2, 0.25) is 0 Å². The molecule has 644 valence electrons. The van der Waals surface area contributed by atoms with Crippen molar-refractivity contribution in [2.75, 3.05) is 26.2 Å². The molecule has 19 heterocycles. The highest BCUT2D eigenvalue weighted by atomic mass is 19.1. The first-order chi connectivity index (χ1) is 61.1. The predicted octanol–water partition coefficient (Wildman–Crippen LogP) is 14.6. The second-order valence-electron chi connectivity index (χ2n) is 33.9. The minimum Gasteiger partial charge on any atom is -0.472 e. The Labute approximate surface area is 726 Å². The van der Waals surface area contributed by atoms with Gasteiger partial charge in [0.25, 0.3) is 23.6 Å².